The van der Waals surface area contributed by atoms with E-state index in [0.29, 0.717) is 6.04 Å². The van der Waals surface area contributed by atoms with Crippen molar-refractivity contribution in [1.82, 2.24) is 14.7 Å². The lowest BCUT2D eigenvalue weighted by atomic mass is 10.0. The molecule has 1 saturated heterocycles. The van der Waals surface area contributed by atoms with Gasteiger partial charge in [-0.05, 0) is 26.9 Å². The topological polar surface area (TPSA) is 64.1 Å². The van der Waals surface area contributed by atoms with E-state index in [1.54, 1.807) is 14.0 Å². The fourth-order valence-electron chi connectivity index (χ4n) is 2.38. The van der Waals surface area contributed by atoms with Gasteiger partial charge in [0.05, 0.1) is 5.92 Å². The summed E-state index contributed by atoms with van der Waals surface area (Å²) in [5, 5.41) is 8.86. The van der Waals surface area contributed by atoms with Gasteiger partial charge in [0.2, 0.25) is 0 Å². The highest BCUT2D eigenvalue weighted by Gasteiger charge is 2.27. The Balaban J connectivity index is 2.44. The van der Waals surface area contributed by atoms with Crippen LogP contribution in [-0.4, -0.2) is 78.6 Å². The summed E-state index contributed by atoms with van der Waals surface area (Å²) in [6.07, 6.45) is 1.95. The lowest BCUT2D eigenvalue weighted by Crippen LogP contribution is -2.49. The molecule has 19 heavy (non-hydrogen) atoms. The number of hydrogen-bond acceptors (Lipinski definition) is 3. The van der Waals surface area contributed by atoms with Crippen molar-refractivity contribution in [3.8, 4) is 0 Å². The van der Waals surface area contributed by atoms with Gasteiger partial charge in [-0.25, -0.2) is 4.79 Å². The number of piperidine rings is 1. The number of amides is 2. The Morgan fingerprint density at radius 3 is 2.21 bits per heavy atom. The largest absolute Gasteiger partial charge is 0.481 e. The van der Waals surface area contributed by atoms with Gasteiger partial charge in [0, 0.05) is 32.7 Å². The van der Waals surface area contributed by atoms with Gasteiger partial charge in [-0.1, -0.05) is 6.92 Å². The first-order valence-corrected chi connectivity index (χ1v) is 6.72. The first kappa shape index (κ1) is 15.8. The molecule has 1 rings (SSSR count). The molecule has 0 spiro atoms. The third-order valence-corrected chi connectivity index (χ3v) is 3.76. The molecule has 0 aliphatic carbocycles. The van der Waals surface area contributed by atoms with Crippen molar-refractivity contribution in [1.29, 1.82) is 0 Å². The lowest BCUT2D eigenvalue weighted by molar-refractivity contribution is -0.141. The molecular formula is C13H25N3O3. The van der Waals surface area contributed by atoms with E-state index in [9.17, 15) is 9.59 Å². The number of nitrogens with zero attached hydrogens (tertiary/aromatic N) is 3. The molecule has 0 aromatic heterocycles. The predicted octanol–water partition coefficient (Wildman–Crippen LogP) is 0.785. The standard InChI is InChI=1S/C13H25N3O3/c1-10(12(17)18)9-15(4)13(19)16-7-5-11(6-8-16)14(2)3/h10-11H,5-9H2,1-4H3,(H,17,18). The molecule has 1 heterocycles. The van der Waals surface area contributed by atoms with Crippen molar-refractivity contribution >= 4 is 12.0 Å². The van der Waals surface area contributed by atoms with E-state index in [2.05, 4.69) is 19.0 Å². The van der Waals surface area contributed by atoms with Crippen molar-refractivity contribution in [2.45, 2.75) is 25.8 Å². The average Bonchev–Trinajstić information content (AvgIpc) is 2.37. The third-order valence-electron chi connectivity index (χ3n) is 3.76. The highest BCUT2D eigenvalue weighted by molar-refractivity contribution is 5.76. The summed E-state index contributed by atoms with van der Waals surface area (Å²) >= 11 is 0. The van der Waals surface area contributed by atoms with Crippen LogP contribution in [0.25, 0.3) is 0 Å². The molecule has 1 atom stereocenters. The van der Waals surface area contributed by atoms with Gasteiger partial charge in [-0.3, -0.25) is 4.79 Å². The van der Waals surface area contributed by atoms with Crippen LogP contribution >= 0.6 is 0 Å². The number of carbonyl (C=O) groups excluding carboxylic acids is 1. The molecule has 2 amide bonds. The Kier molecular flexibility index (Phi) is 5.60. The summed E-state index contributed by atoms with van der Waals surface area (Å²) in [6.45, 7) is 3.35. The van der Waals surface area contributed by atoms with Gasteiger partial charge in [0.1, 0.15) is 0 Å². The van der Waals surface area contributed by atoms with Gasteiger partial charge in [-0.15, -0.1) is 0 Å². The normalized spacial score (nSPS) is 18.5. The molecule has 1 fully saturated rings. The monoisotopic (exact) mass is 271 g/mol. The number of aliphatic carboxylic acids is 1. The molecule has 110 valence electrons. The van der Waals surface area contributed by atoms with E-state index in [0.717, 1.165) is 25.9 Å². The number of urea groups is 1. The van der Waals surface area contributed by atoms with Crippen LogP contribution in [-0.2, 0) is 4.79 Å². The summed E-state index contributed by atoms with van der Waals surface area (Å²) in [6, 6.07) is 0.470. The minimum atomic E-state index is -0.869. The second-order valence-corrected chi connectivity index (χ2v) is 5.58. The Morgan fingerprint density at radius 2 is 1.79 bits per heavy atom. The van der Waals surface area contributed by atoms with Crippen LogP contribution in [0.4, 0.5) is 4.79 Å². The smallest absolute Gasteiger partial charge is 0.319 e. The van der Waals surface area contributed by atoms with Gasteiger partial charge in [0.25, 0.3) is 0 Å². The molecule has 0 aromatic rings. The van der Waals surface area contributed by atoms with Crippen molar-refractivity contribution in [2.24, 2.45) is 5.92 Å². The summed E-state index contributed by atoms with van der Waals surface area (Å²) in [5.41, 5.74) is 0. The zero-order valence-corrected chi connectivity index (χ0v) is 12.3. The maximum atomic E-state index is 12.2. The van der Waals surface area contributed by atoms with Crippen LogP contribution in [0.3, 0.4) is 0 Å². The minimum Gasteiger partial charge on any atom is -0.481 e. The van der Waals surface area contributed by atoms with E-state index in [-0.39, 0.29) is 12.6 Å². The van der Waals surface area contributed by atoms with Crippen LogP contribution in [0.5, 0.6) is 0 Å². The van der Waals surface area contributed by atoms with E-state index in [1.165, 1.54) is 4.90 Å². The molecule has 1 aliphatic heterocycles. The maximum absolute atomic E-state index is 12.2. The van der Waals surface area contributed by atoms with Gasteiger partial charge < -0.3 is 19.8 Å². The Hall–Kier alpha value is -1.30. The zero-order chi connectivity index (χ0) is 14.6. The number of carbonyl (C=O) groups is 2. The van der Waals surface area contributed by atoms with Crippen LogP contribution in [0.1, 0.15) is 19.8 Å². The second-order valence-electron chi connectivity index (χ2n) is 5.58. The molecule has 1 unspecified atom stereocenters. The lowest BCUT2D eigenvalue weighted by Gasteiger charge is -2.37. The summed E-state index contributed by atoms with van der Waals surface area (Å²) < 4.78 is 0. The third kappa shape index (κ3) is 4.38. The summed E-state index contributed by atoms with van der Waals surface area (Å²) in [4.78, 5) is 28.5. The predicted molar refractivity (Wildman–Crippen MR) is 73.1 cm³/mol. The second kappa shape index (κ2) is 6.75. The maximum Gasteiger partial charge on any atom is 0.319 e. The fourth-order valence-corrected chi connectivity index (χ4v) is 2.38. The number of rotatable bonds is 4. The average molecular weight is 271 g/mol. The van der Waals surface area contributed by atoms with Gasteiger partial charge in [-0.2, -0.15) is 0 Å². The van der Waals surface area contributed by atoms with Gasteiger partial charge >= 0.3 is 12.0 Å². The Morgan fingerprint density at radius 1 is 1.26 bits per heavy atom. The van der Waals surface area contributed by atoms with Crippen LogP contribution in [0.15, 0.2) is 0 Å². The highest BCUT2D eigenvalue weighted by Crippen LogP contribution is 2.15. The molecular weight excluding hydrogens is 246 g/mol. The first-order valence-electron chi connectivity index (χ1n) is 6.72. The molecule has 1 aliphatic rings. The van der Waals surface area contributed by atoms with Crippen molar-refractivity contribution < 1.29 is 14.7 Å². The highest BCUT2D eigenvalue weighted by atomic mass is 16.4. The van der Waals surface area contributed by atoms with Crippen molar-refractivity contribution in [3.63, 3.8) is 0 Å². The Labute approximate surface area is 115 Å². The number of carboxylic acids is 1. The van der Waals surface area contributed by atoms with Crippen LogP contribution < -0.4 is 0 Å². The van der Waals surface area contributed by atoms with E-state index >= 15 is 0 Å². The summed E-state index contributed by atoms with van der Waals surface area (Å²) in [5.74, 6) is -1.40. The van der Waals surface area contributed by atoms with Crippen molar-refractivity contribution in [2.75, 3.05) is 40.8 Å². The minimum absolute atomic E-state index is 0.0645. The quantitative estimate of drug-likeness (QED) is 0.821. The molecule has 0 saturated carbocycles. The summed E-state index contributed by atoms with van der Waals surface area (Å²) in [7, 11) is 5.78. The number of likely N-dealkylation sites (tertiary alicyclic amines) is 1. The molecule has 6 heteroatoms. The molecule has 6 nitrogen and oxygen atoms in total. The number of carboxylic acid groups (broad SMARTS) is 1. The van der Waals surface area contributed by atoms with Crippen LogP contribution in [0, 0.1) is 5.92 Å². The van der Waals surface area contributed by atoms with E-state index < -0.39 is 11.9 Å². The van der Waals surface area contributed by atoms with Crippen LogP contribution in [0.2, 0.25) is 0 Å². The fraction of sp³-hybridized carbons (Fsp3) is 0.846. The number of hydrogen-bond donors (Lipinski definition) is 1. The van der Waals surface area contributed by atoms with Gasteiger partial charge in [0.15, 0.2) is 0 Å². The Bertz CT molecular complexity index is 325. The molecule has 0 radical (unpaired) electrons. The molecule has 0 bridgehead atoms. The molecule has 0 aromatic carbocycles. The van der Waals surface area contributed by atoms with Crippen molar-refractivity contribution in [3.05, 3.63) is 0 Å². The SMILES string of the molecule is CC(CN(C)C(=O)N1CCC(N(C)C)CC1)C(=O)O. The molecule has 1 N–H and O–H groups in total. The first-order chi connectivity index (χ1) is 8.82. The van der Waals surface area contributed by atoms with E-state index in [4.69, 9.17) is 5.11 Å². The zero-order valence-electron chi connectivity index (χ0n) is 12.3. The van der Waals surface area contributed by atoms with E-state index in [1.807, 2.05) is 4.90 Å².